The SMILES string of the molecule is CC(N)c1ncc2c(n1)OCC2. The second-order valence-corrected chi connectivity index (χ2v) is 2.95. The molecule has 4 heteroatoms. The Morgan fingerprint density at radius 3 is 3.25 bits per heavy atom. The van der Waals surface area contributed by atoms with Gasteiger partial charge in [-0.3, -0.25) is 0 Å². The second-order valence-electron chi connectivity index (χ2n) is 2.95. The summed E-state index contributed by atoms with van der Waals surface area (Å²) in [6.07, 6.45) is 2.71. The number of rotatable bonds is 1. The fraction of sp³-hybridized carbons (Fsp3) is 0.500. The maximum absolute atomic E-state index is 5.63. The van der Waals surface area contributed by atoms with E-state index in [1.165, 1.54) is 0 Å². The van der Waals surface area contributed by atoms with Crippen LogP contribution >= 0.6 is 0 Å². The van der Waals surface area contributed by atoms with E-state index < -0.39 is 0 Å². The summed E-state index contributed by atoms with van der Waals surface area (Å²) in [7, 11) is 0. The van der Waals surface area contributed by atoms with Crippen molar-refractivity contribution in [2.24, 2.45) is 5.73 Å². The molecule has 1 aliphatic rings. The van der Waals surface area contributed by atoms with Gasteiger partial charge in [-0.15, -0.1) is 0 Å². The van der Waals surface area contributed by atoms with Gasteiger partial charge in [0.05, 0.1) is 12.6 Å². The minimum Gasteiger partial charge on any atom is -0.477 e. The van der Waals surface area contributed by atoms with Gasteiger partial charge in [0.15, 0.2) is 0 Å². The van der Waals surface area contributed by atoms with Crippen LogP contribution in [0.5, 0.6) is 5.88 Å². The highest BCUT2D eigenvalue weighted by atomic mass is 16.5. The van der Waals surface area contributed by atoms with Crippen molar-refractivity contribution in [3.63, 3.8) is 0 Å². The molecule has 0 aliphatic carbocycles. The van der Waals surface area contributed by atoms with Gasteiger partial charge in [0.1, 0.15) is 5.82 Å². The maximum atomic E-state index is 5.63. The van der Waals surface area contributed by atoms with E-state index in [-0.39, 0.29) is 6.04 Å². The topological polar surface area (TPSA) is 61.0 Å². The largest absolute Gasteiger partial charge is 0.477 e. The van der Waals surface area contributed by atoms with Crippen molar-refractivity contribution in [1.82, 2.24) is 9.97 Å². The Kier molecular flexibility index (Phi) is 1.69. The van der Waals surface area contributed by atoms with E-state index in [0.29, 0.717) is 18.3 Å². The van der Waals surface area contributed by atoms with Crippen molar-refractivity contribution in [1.29, 1.82) is 0 Å². The van der Waals surface area contributed by atoms with Crippen LogP contribution in [-0.2, 0) is 6.42 Å². The predicted octanol–water partition coefficient (Wildman–Crippen LogP) is 0.431. The molecule has 1 aromatic heterocycles. The lowest BCUT2D eigenvalue weighted by Crippen LogP contribution is -2.10. The third-order valence-corrected chi connectivity index (χ3v) is 1.86. The van der Waals surface area contributed by atoms with Crippen LogP contribution in [0.25, 0.3) is 0 Å². The van der Waals surface area contributed by atoms with Crippen molar-refractivity contribution in [3.8, 4) is 5.88 Å². The number of aromatic nitrogens is 2. The van der Waals surface area contributed by atoms with Gasteiger partial charge in [-0.1, -0.05) is 0 Å². The highest BCUT2D eigenvalue weighted by molar-refractivity contribution is 5.27. The molecule has 0 saturated heterocycles. The summed E-state index contributed by atoms with van der Waals surface area (Å²) in [5.41, 5.74) is 6.71. The summed E-state index contributed by atoms with van der Waals surface area (Å²) in [6, 6.07) is -0.125. The monoisotopic (exact) mass is 165 g/mol. The van der Waals surface area contributed by atoms with Crippen LogP contribution in [0.3, 0.4) is 0 Å². The number of hydrogen-bond donors (Lipinski definition) is 1. The Morgan fingerprint density at radius 2 is 2.50 bits per heavy atom. The summed E-state index contributed by atoms with van der Waals surface area (Å²) in [5, 5.41) is 0. The molecule has 1 aliphatic heterocycles. The second kappa shape index (κ2) is 2.71. The van der Waals surface area contributed by atoms with Gasteiger partial charge < -0.3 is 10.5 Å². The molecule has 0 aromatic carbocycles. The highest BCUT2D eigenvalue weighted by Crippen LogP contribution is 2.22. The van der Waals surface area contributed by atoms with Crippen LogP contribution < -0.4 is 10.5 Å². The molecule has 12 heavy (non-hydrogen) atoms. The fourth-order valence-electron chi connectivity index (χ4n) is 1.18. The van der Waals surface area contributed by atoms with Crippen molar-refractivity contribution in [2.75, 3.05) is 6.61 Å². The van der Waals surface area contributed by atoms with Crippen LogP contribution in [0.4, 0.5) is 0 Å². The van der Waals surface area contributed by atoms with Crippen LogP contribution in [0.15, 0.2) is 6.20 Å². The first-order valence-corrected chi connectivity index (χ1v) is 4.01. The van der Waals surface area contributed by atoms with Gasteiger partial charge >= 0.3 is 0 Å². The highest BCUT2D eigenvalue weighted by Gasteiger charge is 2.15. The smallest absolute Gasteiger partial charge is 0.220 e. The lowest BCUT2D eigenvalue weighted by Gasteiger charge is -2.04. The van der Waals surface area contributed by atoms with E-state index in [1.807, 2.05) is 6.92 Å². The van der Waals surface area contributed by atoms with E-state index in [1.54, 1.807) is 6.20 Å². The van der Waals surface area contributed by atoms with Crippen molar-refractivity contribution in [3.05, 3.63) is 17.6 Å². The first-order chi connectivity index (χ1) is 5.77. The molecular weight excluding hydrogens is 154 g/mol. The average molecular weight is 165 g/mol. The Morgan fingerprint density at radius 1 is 1.67 bits per heavy atom. The fourth-order valence-corrected chi connectivity index (χ4v) is 1.18. The van der Waals surface area contributed by atoms with Crippen molar-refractivity contribution < 1.29 is 4.74 Å². The molecule has 64 valence electrons. The number of nitrogens with zero attached hydrogens (tertiary/aromatic N) is 2. The normalized spacial score (nSPS) is 16.8. The average Bonchev–Trinajstić information content (AvgIpc) is 2.49. The summed E-state index contributed by atoms with van der Waals surface area (Å²) < 4.78 is 5.28. The quantitative estimate of drug-likeness (QED) is 0.655. The van der Waals surface area contributed by atoms with Crippen LogP contribution in [0.2, 0.25) is 0 Å². The third kappa shape index (κ3) is 1.14. The summed E-state index contributed by atoms with van der Waals surface area (Å²) >= 11 is 0. The summed E-state index contributed by atoms with van der Waals surface area (Å²) in [5.74, 6) is 1.35. The molecule has 2 N–H and O–H groups in total. The molecule has 0 spiro atoms. The Balaban J connectivity index is 2.39. The molecule has 0 radical (unpaired) electrons. The molecular formula is C8H11N3O. The van der Waals surface area contributed by atoms with Gasteiger partial charge in [0.25, 0.3) is 0 Å². The number of nitrogens with two attached hydrogens (primary N) is 1. The van der Waals surface area contributed by atoms with E-state index >= 15 is 0 Å². The number of ether oxygens (including phenoxy) is 1. The minimum absolute atomic E-state index is 0.125. The van der Waals surface area contributed by atoms with Gasteiger partial charge in [-0.2, -0.15) is 4.98 Å². The molecule has 0 amide bonds. The molecule has 2 heterocycles. The molecule has 0 fully saturated rings. The molecule has 2 rings (SSSR count). The third-order valence-electron chi connectivity index (χ3n) is 1.86. The number of fused-ring (bicyclic) bond motifs is 1. The zero-order chi connectivity index (χ0) is 8.55. The lowest BCUT2D eigenvalue weighted by molar-refractivity contribution is 0.343. The van der Waals surface area contributed by atoms with E-state index in [0.717, 1.165) is 12.0 Å². The zero-order valence-electron chi connectivity index (χ0n) is 6.95. The maximum Gasteiger partial charge on any atom is 0.220 e. The predicted molar refractivity (Wildman–Crippen MR) is 43.8 cm³/mol. The van der Waals surface area contributed by atoms with Crippen molar-refractivity contribution >= 4 is 0 Å². The van der Waals surface area contributed by atoms with Crippen LogP contribution in [0, 0.1) is 0 Å². The van der Waals surface area contributed by atoms with Crippen LogP contribution in [0.1, 0.15) is 24.4 Å². The van der Waals surface area contributed by atoms with Crippen molar-refractivity contribution in [2.45, 2.75) is 19.4 Å². The zero-order valence-corrected chi connectivity index (χ0v) is 6.95. The van der Waals surface area contributed by atoms with E-state index in [4.69, 9.17) is 10.5 Å². The Bertz CT molecular complexity index is 298. The van der Waals surface area contributed by atoms with Gasteiger partial charge in [0, 0.05) is 18.2 Å². The summed E-state index contributed by atoms with van der Waals surface area (Å²) in [6.45, 7) is 2.57. The van der Waals surface area contributed by atoms with Gasteiger partial charge in [0.2, 0.25) is 5.88 Å². The number of hydrogen-bond acceptors (Lipinski definition) is 4. The Hall–Kier alpha value is -1.16. The summed E-state index contributed by atoms with van der Waals surface area (Å²) in [4.78, 5) is 8.33. The molecule has 1 aromatic rings. The Labute approximate surface area is 70.8 Å². The van der Waals surface area contributed by atoms with E-state index in [9.17, 15) is 0 Å². The first-order valence-electron chi connectivity index (χ1n) is 4.01. The molecule has 4 nitrogen and oxygen atoms in total. The van der Waals surface area contributed by atoms with Gasteiger partial charge in [-0.05, 0) is 6.92 Å². The van der Waals surface area contributed by atoms with E-state index in [2.05, 4.69) is 9.97 Å². The lowest BCUT2D eigenvalue weighted by atomic mass is 10.2. The minimum atomic E-state index is -0.125. The van der Waals surface area contributed by atoms with Crippen LogP contribution in [-0.4, -0.2) is 16.6 Å². The van der Waals surface area contributed by atoms with Gasteiger partial charge in [-0.25, -0.2) is 4.98 Å². The molecule has 0 saturated carbocycles. The standard InChI is InChI=1S/C8H11N3O/c1-5(9)7-10-4-6-2-3-12-8(6)11-7/h4-5H,2-3,9H2,1H3. The molecule has 1 atom stereocenters. The molecule has 0 bridgehead atoms. The first kappa shape index (κ1) is 7.49. The molecule has 1 unspecified atom stereocenters.